The Morgan fingerprint density at radius 2 is 1.64 bits per heavy atom. The first-order valence-corrected chi connectivity index (χ1v) is 8.99. The summed E-state index contributed by atoms with van der Waals surface area (Å²) in [5, 5.41) is 1.35. The zero-order chi connectivity index (χ0) is 19.8. The van der Waals surface area contributed by atoms with Gasteiger partial charge in [-0.3, -0.25) is 19.3 Å². The van der Waals surface area contributed by atoms with Crippen LogP contribution in [0.4, 0.5) is 0 Å². The number of esters is 1. The van der Waals surface area contributed by atoms with E-state index in [4.69, 9.17) is 16.3 Å². The van der Waals surface area contributed by atoms with Gasteiger partial charge in [0.25, 0.3) is 11.8 Å². The zero-order valence-electron chi connectivity index (χ0n) is 14.9. The molecule has 0 saturated carbocycles. The largest absolute Gasteiger partial charge is 0.458 e. The van der Waals surface area contributed by atoms with E-state index in [-0.39, 0.29) is 17.7 Å². The molecular weight excluding hydrogens is 380 g/mol. The number of aryl methyl sites for hydroxylation is 1. The summed E-state index contributed by atoms with van der Waals surface area (Å²) in [5.41, 5.74) is 2.59. The van der Waals surface area contributed by atoms with Crippen LogP contribution in [0.25, 0.3) is 10.9 Å². The lowest BCUT2D eigenvalue weighted by Gasteiger charge is -2.14. The Morgan fingerprint density at radius 3 is 2.32 bits per heavy atom. The molecular formula is C21H15ClN2O4. The van der Waals surface area contributed by atoms with E-state index >= 15 is 0 Å². The smallest absolute Gasteiger partial charge is 0.326 e. The first-order valence-electron chi connectivity index (χ1n) is 8.62. The van der Waals surface area contributed by atoms with Crippen LogP contribution in [0, 0.1) is 6.92 Å². The number of hydrogen-bond acceptors (Lipinski definition) is 5. The van der Waals surface area contributed by atoms with Crippen molar-refractivity contribution < 1.29 is 19.1 Å². The molecule has 0 spiro atoms. The summed E-state index contributed by atoms with van der Waals surface area (Å²) in [7, 11) is 0. The quantitative estimate of drug-likeness (QED) is 0.499. The van der Waals surface area contributed by atoms with E-state index in [1.807, 2.05) is 31.2 Å². The SMILES string of the molecule is Cc1c(Cl)c(COC(=O)CN2C(=O)c3ccccc3C2=O)nc2ccccc12. The molecule has 1 aliphatic rings. The standard InChI is InChI=1S/C21H15ClN2O4/c1-12-13-6-4-5-9-16(13)23-17(19(12)22)11-28-18(25)10-24-20(26)14-7-2-3-8-15(14)21(24)27/h2-9H,10-11H2,1H3. The van der Waals surface area contributed by atoms with Crippen LogP contribution in [-0.2, 0) is 16.1 Å². The normalized spacial score (nSPS) is 13.1. The van der Waals surface area contributed by atoms with Gasteiger partial charge in [0.05, 0.1) is 27.4 Å². The summed E-state index contributed by atoms with van der Waals surface area (Å²) >= 11 is 6.36. The van der Waals surface area contributed by atoms with Crippen molar-refractivity contribution in [2.45, 2.75) is 13.5 Å². The number of carbonyl (C=O) groups excluding carboxylic acids is 3. The molecule has 2 amide bonds. The molecule has 7 heteroatoms. The highest BCUT2D eigenvalue weighted by Gasteiger charge is 2.36. The number of nitrogens with zero attached hydrogens (tertiary/aromatic N) is 2. The maximum Gasteiger partial charge on any atom is 0.326 e. The molecule has 0 N–H and O–H groups in total. The Kier molecular flexibility index (Phi) is 4.57. The molecule has 0 aliphatic carbocycles. The summed E-state index contributed by atoms with van der Waals surface area (Å²) in [4.78, 5) is 42.2. The molecule has 0 radical (unpaired) electrons. The van der Waals surface area contributed by atoms with Gasteiger partial charge in [0.1, 0.15) is 13.2 Å². The van der Waals surface area contributed by atoms with Crippen LogP contribution in [-0.4, -0.2) is 34.2 Å². The summed E-state index contributed by atoms with van der Waals surface area (Å²) in [5.74, 6) is -1.72. The van der Waals surface area contributed by atoms with Crippen LogP contribution in [0.15, 0.2) is 48.5 Å². The topological polar surface area (TPSA) is 76.6 Å². The Labute approximate surface area is 165 Å². The first kappa shape index (κ1) is 18.1. The van der Waals surface area contributed by atoms with Gasteiger partial charge in [-0.05, 0) is 30.7 Å². The number of rotatable bonds is 4. The molecule has 6 nitrogen and oxygen atoms in total. The van der Waals surface area contributed by atoms with Gasteiger partial charge < -0.3 is 4.74 Å². The van der Waals surface area contributed by atoms with Crippen molar-refractivity contribution in [1.29, 1.82) is 0 Å². The molecule has 140 valence electrons. The van der Waals surface area contributed by atoms with E-state index in [0.717, 1.165) is 21.4 Å². The number of fused-ring (bicyclic) bond motifs is 2. The molecule has 3 aromatic rings. The van der Waals surface area contributed by atoms with Gasteiger partial charge in [0.15, 0.2) is 0 Å². The van der Waals surface area contributed by atoms with E-state index in [1.54, 1.807) is 24.3 Å². The van der Waals surface area contributed by atoms with Crippen LogP contribution in [0.5, 0.6) is 0 Å². The number of hydrogen-bond donors (Lipinski definition) is 0. The van der Waals surface area contributed by atoms with Gasteiger partial charge in [-0.25, -0.2) is 4.98 Å². The fourth-order valence-electron chi connectivity index (χ4n) is 3.22. The molecule has 28 heavy (non-hydrogen) atoms. The monoisotopic (exact) mass is 394 g/mol. The highest BCUT2D eigenvalue weighted by atomic mass is 35.5. The Balaban J connectivity index is 1.47. The average Bonchev–Trinajstić information content (AvgIpc) is 2.95. The van der Waals surface area contributed by atoms with E-state index in [9.17, 15) is 14.4 Å². The summed E-state index contributed by atoms with van der Waals surface area (Å²) in [6.45, 7) is 1.26. The average molecular weight is 395 g/mol. The number of pyridine rings is 1. The molecule has 2 heterocycles. The molecule has 0 fully saturated rings. The van der Waals surface area contributed by atoms with E-state index in [2.05, 4.69) is 4.98 Å². The third kappa shape index (κ3) is 3.01. The van der Waals surface area contributed by atoms with Gasteiger partial charge in [-0.1, -0.05) is 41.9 Å². The molecule has 1 aliphatic heterocycles. The minimum absolute atomic E-state index is 0.146. The van der Waals surface area contributed by atoms with E-state index in [0.29, 0.717) is 10.7 Å². The van der Waals surface area contributed by atoms with Crippen molar-refractivity contribution in [3.63, 3.8) is 0 Å². The highest BCUT2D eigenvalue weighted by molar-refractivity contribution is 6.32. The van der Waals surface area contributed by atoms with Gasteiger partial charge in [-0.15, -0.1) is 0 Å². The Morgan fingerprint density at radius 1 is 1.04 bits per heavy atom. The lowest BCUT2D eigenvalue weighted by Crippen LogP contribution is -2.35. The number of ether oxygens (including phenoxy) is 1. The summed E-state index contributed by atoms with van der Waals surface area (Å²) in [6.07, 6.45) is 0. The zero-order valence-corrected chi connectivity index (χ0v) is 15.7. The molecule has 4 rings (SSSR count). The lowest BCUT2D eigenvalue weighted by molar-refractivity contribution is -0.145. The highest BCUT2D eigenvalue weighted by Crippen LogP contribution is 2.27. The maximum atomic E-state index is 12.3. The predicted molar refractivity (Wildman–Crippen MR) is 103 cm³/mol. The van der Waals surface area contributed by atoms with Crippen LogP contribution in [0.2, 0.25) is 5.02 Å². The second-order valence-electron chi connectivity index (χ2n) is 6.42. The fraction of sp³-hybridized carbons (Fsp3) is 0.143. The number of aromatic nitrogens is 1. The first-order chi connectivity index (χ1) is 13.5. The lowest BCUT2D eigenvalue weighted by atomic mass is 10.1. The minimum atomic E-state index is -0.710. The van der Waals surface area contributed by atoms with Crippen molar-refractivity contribution in [2.75, 3.05) is 6.54 Å². The van der Waals surface area contributed by atoms with Gasteiger partial charge in [0.2, 0.25) is 0 Å². The van der Waals surface area contributed by atoms with Gasteiger partial charge >= 0.3 is 5.97 Å². The number of benzene rings is 2. The maximum absolute atomic E-state index is 12.3. The second kappa shape index (κ2) is 7.05. The van der Waals surface area contributed by atoms with Crippen LogP contribution in [0.3, 0.4) is 0 Å². The Hall–Kier alpha value is -3.25. The molecule has 1 aromatic heterocycles. The van der Waals surface area contributed by atoms with Crippen LogP contribution in [0.1, 0.15) is 32.0 Å². The predicted octanol–water partition coefficient (Wildman–Crippen LogP) is 3.54. The molecule has 0 unspecified atom stereocenters. The fourth-order valence-corrected chi connectivity index (χ4v) is 3.42. The summed E-state index contributed by atoms with van der Waals surface area (Å²) < 4.78 is 5.24. The Bertz CT molecular complexity index is 1110. The number of amides is 2. The molecule has 2 aromatic carbocycles. The van der Waals surface area contributed by atoms with Crippen molar-refractivity contribution in [3.05, 3.63) is 75.9 Å². The van der Waals surface area contributed by atoms with Gasteiger partial charge in [0, 0.05) is 5.39 Å². The third-order valence-corrected chi connectivity index (χ3v) is 5.18. The summed E-state index contributed by atoms with van der Waals surface area (Å²) in [6, 6.07) is 14.0. The van der Waals surface area contributed by atoms with E-state index in [1.165, 1.54) is 0 Å². The van der Waals surface area contributed by atoms with Crippen molar-refractivity contribution in [1.82, 2.24) is 9.88 Å². The van der Waals surface area contributed by atoms with Crippen molar-refractivity contribution in [2.24, 2.45) is 0 Å². The van der Waals surface area contributed by atoms with Crippen molar-refractivity contribution >= 4 is 40.3 Å². The minimum Gasteiger partial charge on any atom is -0.458 e. The van der Waals surface area contributed by atoms with Gasteiger partial charge in [-0.2, -0.15) is 0 Å². The number of imide groups is 1. The molecule has 0 bridgehead atoms. The number of para-hydroxylation sites is 1. The van der Waals surface area contributed by atoms with Crippen molar-refractivity contribution in [3.8, 4) is 0 Å². The van der Waals surface area contributed by atoms with Crippen LogP contribution < -0.4 is 0 Å². The van der Waals surface area contributed by atoms with Crippen LogP contribution >= 0.6 is 11.6 Å². The number of carbonyl (C=O) groups is 3. The molecule has 0 atom stereocenters. The second-order valence-corrected chi connectivity index (χ2v) is 6.80. The van der Waals surface area contributed by atoms with E-state index < -0.39 is 24.3 Å². The third-order valence-electron chi connectivity index (χ3n) is 4.68. The molecule has 0 saturated heterocycles. The number of halogens is 1.